The zero-order valence-electron chi connectivity index (χ0n) is 25.7. The largest absolute Gasteiger partial charge is 0.457 e. The molecular weight excluding hydrogens is 528 g/mol. The number of carbonyl (C=O) groups is 3. The number of alkyl carbamates (subject to hydrolysis) is 1. The SMILES string of the molecule is CC(C)(C)OC(=O)NC(C(=O)Nc1ccc(C(=O)OCc2ccccc2)cc1)c1ccc2c(c1)C(C)(C)CCC2(C)C. The second-order valence-electron chi connectivity index (χ2n) is 13.3. The van der Waals surface area contributed by atoms with Gasteiger partial charge in [0.05, 0.1) is 5.56 Å². The van der Waals surface area contributed by atoms with Crippen LogP contribution in [0.4, 0.5) is 10.5 Å². The minimum Gasteiger partial charge on any atom is -0.457 e. The Morgan fingerprint density at radius 2 is 1.45 bits per heavy atom. The molecule has 0 aromatic heterocycles. The normalized spacial score (nSPS) is 16.0. The maximum Gasteiger partial charge on any atom is 0.408 e. The molecular formula is C35H42N2O5. The molecule has 1 unspecified atom stereocenters. The Kier molecular flexibility index (Phi) is 8.81. The van der Waals surface area contributed by atoms with Gasteiger partial charge in [-0.15, -0.1) is 0 Å². The summed E-state index contributed by atoms with van der Waals surface area (Å²) >= 11 is 0. The summed E-state index contributed by atoms with van der Waals surface area (Å²) in [6, 6.07) is 21.0. The molecule has 3 aromatic rings. The summed E-state index contributed by atoms with van der Waals surface area (Å²) in [6.45, 7) is 14.4. The molecule has 0 fully saturated rings. The van der Waals surface area contributed by atoms with E-state index in [1.165, 1.54) is 11.1 Å². The molecule has 0 saturated heterocycles. The zero-order chi connectivity index (χ0) is 30.7. The molecule has 1 aliphatic rings. The van der Waals surface area contributed by atoms with E-state index in [9.17, 15) is 14.4 Å². The summed E-state index contributed by atoms with van der Waals surface area (Å²) in [7, 11) is 0. The number of hydrogen-bond acceptors (Lipinski definition) is 5. The zero-order valence-corrected chi connectivity index (χ0v) is 25.7. The second kappa shape index (κ2) is 12.0. The highest BCUT2D eigenvalue weighted by Crippen LogP contribution is 2.46. The molecule has 2 amide bonds. The number of amides is 2. The third-order valence-electron chi connectivity index (χ3n) is 7.73. The molecule has 3 aromatic carbocycles. The predicted molar refractivity (Wildman–Crippen MR) is 164 cm³/mol. The highest BCUT2D eigenvalue weighted by molar-refractivity contribution is 5.98. The van der Waals surface area contributed by atoms with Gasteiger partial charge < -0.3 is 20.1 Å². The average Bonchev–Trinajstić information content (AvgIpc) is 2.93. The topological polar surface area (TPSA) is 93.7 Å². The van der Waals surface area contributed by atoms with E-state index in [4.69, 9.17) is 9.47 Å². The van der Waals surface area contributed by atoms with E-state index in [1.54, 1.807) is 45.0 Å². The number of carbonyl (C=O) groups excluding carboxylic acids is 3. The molecule has 1 aliphatic carbocycles. The number of fused-ring (bicyclic) bond motifs is 1. The lowest BCUT2D eigenvalue weighted by Crippen LogP contribution is -2.40. The van der Waals surface area contributed by atoms with Crippen LogP contribution < -0.4 is 10.6 Å². The quantitative estimate of drug-likeness (QED) is 0.285. The van der Waals surface area contributed by atoms with Gasteiger partial charge in [0.15, 0.2) is 0 Å². The van der Waals surface area contributed by atoms with Crippen LogP contribution >= 0.6 is 0 Å². The van der Waals surface area contributed by atoms with Crippen molar-refractivity contribution in [2.75, 3.05) is 5.32 Å². The first kappa shape index (κ1) is 30.8. The lowest BCUT2D eigenvalue weighted by Gasteiger charge is -2.42. The Hall–Kier alpha value is -4.13. The van der Waals surface area contributed by atoms with Gasteiger partial charge in [-0.05, 0) is 91.0 Å². The number of ether oxygens (including phenoxy) is 2. The fraction of sp³-hybridized carbons (Fsp3) is 0.400. The summed E-state index contributed by atoms with van der Waals surface area (Å²) in [6.07, 6.45) is 1.41. The van der Waals surface area contributed by atoms with E-state index in [0.29, 0.717) is 16.8 Å². The van der Waals surface area contributed by atoms with Gasteiger partial charge >= 0.3 is 12.1 Å². The van der Waals surface area contributed by atoms with Gasteiger partial charge in [-0.1, -0.05) is 76.2 Å². The molecule has 0 aliphatic heterocycles. The van der Waals surface area contributed by atoms with E-state index in [0.717, 1.165) is 18.4 Å². The summed E-state index contributed by atoms with van der Waals surface area (Å²) in [5.74, 6) is -0.881. The highest BCUT2D eigenvalue weighted by Gasteiger charge is 2.38. The molecule has 0 saturated carbocycles. The molecule has 4 rings (SSSR count). The number of nitrogens with one attached hydrogen (secondary N) is 2. The lowest BCUT2D eigenvalue weighted by molar-refractivity contribution is -0.118. The van der Waals surface area contributed by atoms with Crippen LogP contribution in [0.5, 0.6) is 0 Å². The smallest absolute Gasteiger partial charge is 0.408 e. The van der Waals surface area contributed by atoms with Crippen molar-refractivity contribution in [3.63, 3.8) is 0 Å². The van der Waals surface area contributed by atoms with E-state index in [1.807, 2.05) is 42.5 Å². The Morgan fingerprint density at radius 1 is 0.833 bits per heavy atom. The van der Waals surface area contributed by atoms with Crippen molar-refractivity contribution in [3.05, 3.63) is 101 Å². The van der Waals surface area contributed by atoms with Crippen molar-refractivity contribution in [3.8, 4) is 0 Å². The molecule has 2 N–H and O–H groups in total. The number of rotatable bonds is 7. The summed E-state index contributed by atoms with van der Waals surface area (Å²) in [5, 5.41) is 5.67. The Balaban J connectivity index is 1.55. The van der Waals surface area contributed by atoms with Crippen molar-refractivity contribution >= 4 is 23.7 Å². The number of hydrogen-bond donors (Lipinski definition) is 2. The number of benzene rings is 3. The predicted octanol–water partition coefficient (Wildman–Crippen LogP) is 7.60. The van der Waals surface area contributed by atoms with Crippen molar-refractivity contribution in [2.24, 2.45) is 0 Å². The van der Waals surface area contributed by atoms with Crippen molar-refractivity contribution in [1.82, 2.24) is 5.32 Å². The maximum absolute atomic E-state index is 13.7. The van der Waals surface area contributed by atoms with Gasteiger partial charge in [-0.25, -0.2) is 9.59 Å². The van der Waals surface area contributed by atoms with E-state index in [-0.39, 0.29) is 17.4 Å². The summed E-state index contributed by atoms with van der Waals surface area (Å²) < 4.78 is 10.9. The van der Waals surface area contributed by atoms with Crippen LogP contribution in [-0.4, -0.2) is 23.6 Å². The van der Waals surface area contributed by atoms with Crippen LogP contribution in [0.1, 0.15) is 100.0 Å². The van der Waals surface area contributed by atoms with Crippen LogP contribution in [0.2, 0.25) is 0 Å². The minimum atomic E-state index is -0.999. The van der Waals surface area contributed by atoms with Gasteiger partial charge in [-0.3, -0.25) is 4.79 Å². The fourth-order valence-electron chi connectivity index (χ4n) is 5.22. The number of anilines is 1. The molecule has 42 heavy (non-hydrogen) atoms. The van der Waals surface area contributed by atoms with E-state index < -0.39 is 29.6 Å². The third kappa shape index (κ3) is 7.58. The average molecular weight is 571 g/mol. The molecule has 0 radical (unpaired) electrons. The minimum absolute atomic E-state index is 0.0176. The first-order chi connectivity index (χ1) is 19.6. The van der Waals surface area contributed by atoms with Crippen LogP contribution in [0, 0.1) is 0 Å². The Labute approximate surface area is 249 Å². The molecule has 0 spiro atoms. The van der Waals surface area contributed by atoms with Gasteiger partial charge in [0.2, 0.25) is 0 Å². The lowest BCUT2D eigenvalue weighted by atomic mass is 9.63. The van der Waals surface area contributed by atoms with Crippen molar-refractivity contribution in [2.45, 2.75) is 90.4 Å². The molecule has 7 heteroatoms. The fourth-order valence-corrected chi connectivity index (χ4v) is 5.22. The van der Waals surface area contributed by atoms with Crippen molar-refractivity contribution < 1.29 is 23.9 Å². The van der Waals surface area contributed by atoms with E-state index in [2.05, 4.69) is 44.4 Å². The molecule has 7 nitrogen and oxygen atoms in total. The second-order valence-corrected chi connectivity index (χ2v) is 13.3. The third-order valence-corrected chi connectivity index (χ3v) is 7.73. The molecule has 1 atom stereocenters. The van der Waals surface area contributed by atoms with Gasteiger partial charge in [0, 0.05) is 5.69 Å². The Morgan fingerprint density at radius 3 is 2.07 bits per heavy atom. The van der Waals surface area contributed by atoms with E-state index >= 15 is 0 Å². The standard InChI is InChI=1S/C35H42N2O5/c1-33(2,3)42-32(40)37-29(25-15-18-27-28(21-25)35(6,7)20-19-34(27,4)5)30(38)36-26-16-13-24(14-17-26)31(39)41-22-23-11-9-8-10-12-23/h8-18,21,29H,19-20,22H2,1-7H3,(H,36,38)(H,37,40). The Bertz CT molecular complexity index is 1440. The van der Waals surface area contributed by atoms with Crippen LogP contribution in [0.3, 0.4) is 0 Å². The van der Waals surface area contributed by atoms with Crippen LogP contribution in [0.15, 0.2) is 72.8 Å². The molecule has 222 valence electrons. The van der Waals surface area contributed by atoms with Crippen LogP contribution in [0.25, 0.3) is 0 Å². The monoisotopic (exact) mass is 570 g/mol. The highest BCUT2D eigenvalue weighted by atomic mass is 16.6. The van der Waals surface area contributed by atoms with Gasteiger partial charge in [-0.2, -0.15) is 0 Å². The first-order valence-corrected chi connectivity index (χ1v) is 14.4. The van der Waals surface area contributed by atoms with Crippen molar-refractivity contribution in [1.29, 1.82) is 0 Å². The van der Waals surface area contributed by atoms with Gasteiger partial charge in [0.1, 0.15) is 18.2 Å². The number of esters is 1. The molecule has 0 bridgehead atoms. The van der Waals surface area contributed by atoms with Crippen LogP contribution in [-0.2, 0) is 31.7 Å². The summed E-state index contributed by atoms with van der Waals surface area (Å²) in [5.41, 5.74) is 4.07. The first-order valence-electron chi connectivity index (χ1n) is 14.4. The molecule has 0 heterocycles. The van der Waals surface area contributed by atoms with Gasteiger partial charge in [0.25, 0.3) is 5.91 Å². The maximum atomic E-state index is 13.7. The summed E-state index contributed by atoms with van der Waals surface area (Å²) in [4.78, 5) is 39.0.